The van der Waals surface area contributed by atoms with E-state index in [-0.39, 0.29) is 6.04 Å². The van der Waals surface area contributed by atoms with E-state index in [1.165, 1.54) is 0 Å². The molecule has 1 atom stereocenters. The minimum atomic E-state index is 0.0454. The topological polar surface area (TPSA) is 26.0 Å². The minimum absolute atomic E-state index is 0.0454. The van der Waals surface area contributed by atoms with Gasteiger partial charge in [0, 0.05) is 12.5 Å². The summed E-state index contributed by atoms with van der Waals surface area (Å²) < 4.78 is 0. The lowest BCUT2D eigenvalue weighted by Gasteiger charge is -2.08. The Bertz CT molecular complexity index is 258. The molecule has 0 spiro atoms. The van der Waals surface area contributed by atoms with Gasteiger partial charge in [0.25, 0.3) is 0 Å². The second-order valence-corrected chi connectivity index (χ2v) is 2.73. The van der Waals surface area contributed by atoms with Gasteiger partial charge in [0.15, 0.2) is 0 Å². The molecule has 0 bridgehead atoms. The predicted molar refractivity (Wildman–Crippen MR) is 49.7 cm³/mol. The zero-order valence-electron chi connectivity index (χ0n) is 6.96. The van der Waals surface area contributed by atoms with Gasteiger partial charge >= 0.3 is 0 Å². The summed E-state index contributed by atoms with van der Waals surface area (Å²) in [7, 11) is 0. The molecule has 0 aliphatic rings. The molecule has 1 unspecified atom stereocenters. The molecule has 1 aromatic rings. The highest BCUT2D eigenvalue weighted by Crippen LogP contribution is 2.14. The average Bonchev–Trinajstić information content (AvgIpc) is 2.15. The van der Waals surface area contributed by atoms with Crippen molar-refractivity contribution in [3.63, 3.8) is 0 Å². The molecule has 1 rings (SSSR count). The molecule has 0 amide bonds. The van der Waals surface area contributed by atoms with Crippen LogP contribution in [0.15, 0.2) is 30.3 Å². The summed E-state index contributed by atoms with van der Waals surface area (Å²) in [6.07, 6.45) is 8.19. The van der Waals surface area contributed by atoms with Gasteiger partial charge in [-0.15, -0.1) is 0 Å². The molecule has 12 heavy (non-hydrogen) atoms. The predicted octanol–water partition coefficient (Wildman–Crippen LogP) is 2.06. The van der Waals surface area contributed by atoms with Crippen LogP contribution in [0.2, 0.25) is 0 Å². The molecule has 0 aromatic heterocycles. The van der Waals surface area contributed by atoms with Crippen LogP contribution in [-0.4, -0.2) is 0 Å². The third-order valence-electron chi connectivity index (χ3n) is 1.81. The highest BCUT2D eigenvalue weighted by molar-refractivity contribution is 5.18. The van der Waals surface area contributed by atoms with Crippen LogP contribution in [0.3, 0.4) is 0 Å². The summed E-state index contributed by atoms with van der Waals surface area (Å²) in [6, 6.07) is 9.98. The lowest BCUT2D eigenvalue weighted by molar-refractivity contribution is 0.667. The Morgan fingerprint density at radius 2 is 2.00 bits per heavy atom. The van der Waals surface area contributed by atoms with Gasteiger partial charge in [-0.2, -0.15) is 0 Å². The van der Waals surface area contributed by atoms with Crippen LogP contribution in [0, 0.1) is 12.3 Å². The van der Waals surface area contributed by atoms with Crippen molar-refractivity contribution in [1.29, 1.82) is 0 Å². The molecule has 0 heterocycles. The van der Waals surface area contributed by atoms with Crippen molar-refractivity contribution in [2.24, 2.45) is 5.73 Å². The Morgan fingerprint density at radius 1 is 1.33 bits per heavy atom. The van der Waals surface area contributed by atoms with Gasteiger partial charge in [-0.25, -0.2) is 0 Å². The third-order valence-corrected chi connectivity index (χ3v) is 1.81. The van der Waals surface area contributed by atoms with E-state index in [1.54, 1.807) is 0 Å². The first-order valence-electron chi connectivity index (χ1n) is 4.04. The molecule has 1 aromatic carbocycles. The van der Waals surface area contributed by atoms with Crippen molar-refractivity contribution in [1.82, 2.24) is 0 Å². The van der Waals surface area contributed by atoms with Crippen LogP contribution < -0.4 is 5.73 Å². The number of nitrogens with two attached hydrogens (primary N) is 1. The van der Waals surface area contributed by atoms with Gasteiger partial charge in [0.05, 0.1) is 0 Å². The van der Waals surface area contributed by atoms with Gasteiger partial charge in [-0.1, -0.05) is 36.3 Å². The van der Waals surface area contributed by atoms with Gasteiger partial charge < -0.3 is 5.73 Å². The van der Waals surface area contributed by atoms with Gasteiger partial charge in [0.1, 0.15) is 0 Å². The van der Waals surface area contributed by atoms with E-state index in [0.29, 0.717) is 6.42 Å². The van der Waals surface area contributed by atoms with E-state index in [4.69, 9.17) is 12.2 Å². The van der Waals surface area contributed by atoms with Crippen molar-refractivity contribution in [3.05, 3.63) is 42.3 Å². The Hall–Kier alpha value is -1.26. The molecule has 61 valence electrons. The molecule has 1 radical (unpaired) electrons. The fraction of sp³-hybridized carbons (Fsp3) is 0.273. The first kappa shape index (κ1) is 8.83. The third kappa shape index (κ3) is 2.41. The van der Waals surface area contributed by atoms with Crippen molar-refractivity contribution < 1.29 is 0 Å². The van der Waals surface area contributed by atoms with E-state index in [0.717, 1.165) is 12.0 Å². The molecule has 0 aliphatic heterocycles. The van der Waals surface area contributed by atoms with Crippen molar-refractivity contribution in [3.8, 4) is 5.92 Å². The molecule has 1 nitrogen and oxygen atoms in total. The molecular formula is C11H12N. The van der Waals surface area contributed by atoms with Crippen molar-refractivity contribution >= 4 is 0 Å². The van der Waals surface area contributed by atoms with Crippen LogP contribution in [0.5, 0.6) is 0 Å². The molecule has 0 aliphatic carbocycles. The highest BCUT2D eigenvalue weighted by atomic mass is 14.6. The monoisotopic (exact) mass is 158 g/mol. The summed E-state index contributed by atoms with van der Waals surface area (Å²) in [5.41, 5.74) is 6.99. The quantitative estimate of drug-likeness (QED) is 0.669. The number of rotatable bonds is 3. The lowest BCUT2D eigenvalue weighted by atomic mass is 10.0. The molecule has 0 saturated carbocycles. The standard InChI is InChI=1S/C11H12N/c1-2-3-9-11(12)10-7-5-4-6-8-10/h4-8,11H,3,9,12H2. The first-order valence-corrected chi connectivity index (χ1v) is 4.04. The van der Waals surface area contributed by atoms with Crippen molar-refractivity contribution in [2.45, 2.75) is 18.9 Å². The van der Waals surface area contributed by atoms with Gasteiger partial charge in [0.2, 0.25) is 0 Å². The van der Waals surface area contributed by atoms with Crippen LogP contribution >= 0.6 is 0 Å². The maximum absolute atomic E-state index is 6.75. The van der Waals surface area contributed by atoms with Crippen LogP contribution in [0.25, 0.3) is 0 Å². The molecule has 0 fully saturated rings. The number of hydrogen-bond donors (Lipinski definition) is 1. The normalized spacial score (nSPS) is 12.0. The Balaban J connectivity index is 2.55. The average molecular weight is 158 g/mol. The van der Waals surface area contributed by atoms with Crippen LogP contribution in [0.4, 0.5) is 0 Å². The second-order valence-electron chi connectivity index (χ2n) is 2.73. The van der Waals surface area contributed by atoms with Crippen molar-refractivity contribution in [2.75, 3.05) is 0 Å². The SMILES string of the molecule is [C]#CCCC(N)c1ccccc1. The van der Waals surface area contributed by atoms with Gasteiger partial charge in [-0.3, -0.25) is 0 Å². The molecule has 0 saturated heterocycles. The fourth-order valence-corrected chi connectivity index (χ4v) is 1.09. The van der Waals surface area contributed by atoms with E-state index >= 15 is 0 Å². The van der Waals surface area contributed by atoms with Crippen LogP contribution in [-0.2, 0) is 0 Å². The summed E-state index contributed by atoms with van der Waals surface area (Å²) >= 11 is 0. The van der Waals surface area contributed by atoms with E-state index in [9.17, 15) is 0 Å². The zero-order valence-corrected chi connectivity index (χ0v) is 6.96. The Labute approximate surface area is 73.6 Å². The molecule has 1 heteroatoms. The van der Waals surface area contributed by atoms with Crippen LogP contribution in [0.1, 0.15) is 24.4 Å². The lowest BCUT2D eigenvalue weighted by Crippen LogP contribution is -2.09. The minimum Gasteiger partial charge on any atom is -0.324 e. The maximum Gasteiger partial charge on any atom is 0.0303 e. The Morgan fingerprint density at radius 3 is 2.58 bits per heavy atom. The number of benzene rings is 1. The van der Waals surface area contributed by atoms with E-state index in [2.05, 4.69) is 5.92 Å². The summed E-state index contributed by atoms with van der Waals surface area (Å²) in [4.78, 5) is 0. The first-order chi connectivity index (χ1) is 5.84. The van der Waals surface area contributed by atoms with Gasteiger partial charge in [-0.05, 0) is 18.4 Å². The number of hydrogen-bond acceptors (Lipinski definition) is 1. The van der Waals surface area contributed by atoms with E-state index < -0.39 is 0 Å². The Kier molecular flexibility index (Phi) is 3.37. The summed E-state index contributed by atoms with van der Waals surface area (Å²) in [5, 5.41) is 0. The van der Waals surface area contributed by atoms with E-state index in [1.807, 2.05) is 30.3 Å². The maximum atomic E-state index is 6.75. The molecular weight excluding hydrogens is 146 g/mol. The zero-order chi connectivity index (χ0) is 8.81. The largest absolute Gasteiger partial charge is 0.324 e. The molecule has 2 N–H and O–H groups in total. The summed E-state index contributed by atoms with van der Waals surface area (Å²) in [5.74, 6) is 2.34. The summed E-state index contributed by atoms with van der Waals surface area (Å²) in [6.45, 7) is 0. The second kappa shape index (κ2) is 4.58. The smallest absolute Gasteiger partial charge is 0.0303 e. The highest BCUT2D eigenvalue weighted by Gasteiger charge is 2.02. The fourth-order valence-electron chi connectivity index (χ4n) is 1.09.